The first-order valence-corrected chi connectivity index (χ1v) is 9.74. The smallest absolute Gasteiger partial charge is 0.303 e. The Morgan fingerprint density at radius 1 is 1.11 bits per heavy atom. The fourth-order valence-electron chi connectivity index (χ4n) is 3.54. The van der Waals surface area contributed by atoms with E-state index in [4.69, 9.17) is 5.11 Å². The topological polar surface area (TPSA) is 84.2 Å². The number of fused-ring (bicyclic) bond motifs is 1. The highest BCUT2D eigenvalue weighted by Gasteiger charge is 2.25. The van der Waals surface area contributed by atoms with Crippen LogP contribution in [0.15, 0.2) is 24.3 Å². The van der Waals surface area contributed by atoms with E-state index < -0.39 is 5.97 Å². The maximum atomic E-state index is 12.7. The van der Waals surface area contributed by atoms with Gasteiger partial charge in [0.05, 0.1) is 5.69 Å². The fourth-order valence-corrected chi connectivity index (χ4v) is 3.54. The molecule has 0 aliphatic heterocycles. The van der Waals surface area contributed by atoms with Gasteiger partial charge in [-0.2, -0.15) is 5.10 Å². The zero-order valence-electron chi connectivity index (χ0n) is 15.8. The minimum atomic E-state index is -0.771. The molecule has 1 heterocycles. The summed E-state index contributed by atoms with van der Waals surface area (Å²) in [7, 11) is 0. The third-order valence-electron chi connectivity index (χ3n) is 5.03. The molecule has 1 aromatic heterocycles. The molecule has 0 bridgehead atoms. The number of carbonyl (C=O) groups is 2. The summed E-state index contributed by atoms with van der Waals surface area (Å²) in [5, 5.41) is 16.3. The average molecular weight is 369 g/mol. The number of hydrogen-bond acceptors (Lipinski definition) is 3. The van der Waals surface area contributed by atoms with Gasteiger partial charge in [0.1, 0.15) is 0 Å². The van der Waals surface area contributed by atoms with Crippen LogP contribution >= 0.6 is 0 Å². The van der Waals surface area contributed by atoms with Crippen molar-refractivity contribution in [2.24, 2.45) is 0 Å². The molecule has 3 rings (SSSR count). The number of aromatic nitrogens is 2. The molecule has 0 spiro atoms. The second-order valence-electron chi connectivity index (χ2n) is 7.19. The lowest BCUT2D eigenvalue weighted by Gasteiger charge is -2.14. The number of nitrogens with zero attached hydrogens (tertiary/aromatic N) is 2. The Kier molecular flexibility index (Phi) is 6.27. The molecule has 1 aliphatic carbocycles. The maximum absolute atomic E-state index is 12.7. The highest BCUT2D eigenvalue weighted by atomic mass is 16.4. The van der Waals surface area contributed by atoms with E-state index >= 15 is 0 Å². The van der Waals surface area contributed by atoms with E-state index in [1.807, 2.05) is 16.8 Å². The second kappa shape index (κ2) is 8.84. The van der Waals surface area contributed by atoms with Gasteiger partial charge in [-0.05, 0) is 57.6 Å². The van der Waals surface area contributed by atoms with Gasteiger partial charge in [0.2, 0.25) is 0 Å². The van der Waals surface area contributed by atoms with Crippen LogP contribution in [0.25, 0.3) is 5.69 Å². The van der Waals surface area contributed by atoms with Crippen LogP contribution in [0.1, 0.15) is 65.8 Å². The summed E-state index contributed by atoms with van der Waals surface area (Å²) in [5.74, 6) is -0.899. The second-order valence-corrected chi connectivity index (χ2v) is 7.19. The number of carbonyl (C=O) groups excluding carboxylic acids is 1. The van der Waals surface area contributed by atoms with E-state index in [-0.39, 0.29) is 12.3 Å². The summed E-state index contributed by atoms with van der Waals surface area (Å²) >= 11 is 0. The predicted octanol–water partition coefficient (Wildman–Crippen LogP) is 3.43. The molecule has 6 nitrogen and oxygen atoms in total. The Morgan fingerprint density at radius 2 is 1.85 bits per heavy atom. The van der Waals surface area contributed by atoms with Gasteiger partial charge in [-0.15, -0.1) is 0 Å². The van der Waals surface area contributed by atoms with E-state index in [9.17, 15) is 9.59 Å². The number of unbranched alkanes of at least 4 members (excludes halogenated alkanes) is 2. The van der Waals surface area contributed by atoms with Crippen LogP contribution in [0, 0.1) is 6.92 Å². The molecule has 0 atom stereocenters. The molecule has 0 unspecified atom stereocenters. The summed E-state index contributed by atoms with van der Waals surface area (Å²) in [6, 6.07) is 8.20. The van der Waals surface area contributed by atoms with Crippen LogP contribution in [0.4, 0.5) is 0 Å². The molecule has 144 valence electrons. The molecule has 2 N–H and O–H groups in total. The van der Waals surface area contributed by atoms with E-state index in [1.54, 1.807) is 0 Å². The van der Waals surface area contributed by atoms with Gasteiger partial charge in [0.25, 0.3) is 5.91 Å². The maximum Gasteiger partial charge on any atom is 0.303 e. The molecule has 6 heteroatoms. The summed E-state index contributed by atoms with van der Waals surface area (Å²) in [5.41, 5.74) is 4.95. The molecular formula is C21H27N3O3. The van der Waals surface area contributed by atoms with E-state index in [1.165, 1.54) is 5.56 Å². The van der Waals surface area contributed by atoms with Gasteiger partial charge in [-0.1, -0.05) is 24.1 Å². The number of rotatable bonds is 8. The van der Waals surface area contributed by atoms with E-state index in [2.05, 4.69) is 29.5 Å². The normalized spacial score (nSPS) is 13.2. The van der Waals surface area contributed by atoms with Crippen molar-refractivity contribution in [3.05, 3.63) is 46.8 Å². The number of hydrogen-bond donors (Lipinski definition) is 2. The first kappa shape index (κ1) is 19.1. The minimum absolute atomic E-state index is 0.128. The third kappa shape index (κ3) is 4.76. The van der Waals surface area contributed by atoms with Crippen molar-refractivity contribution in [2.45, 2.75) is 58.3 Å². The number of carboxylic acid groups (broad SMARTS) is 1. The third-order valence-corrected chi connectivity index (χ3v) is 5.03. The van der Waals surface area contributed by atoms with Crippen molar-refractivity contribution in [1.82, 2.24) is 15.1 Å². The Balaban J connectivity index is 1.69. The highest BCUT2D eigenvalue weighted by molar-refractivity contribution is 5.94. The zero-order valence-corrected chi connectivity index (χ0v) is 15.8. The predicted molar refractivity (Wildman–Crippen MR) is 103 cm³/mol. The van der Waals surface area contributed by atoms with Crippen LogP contribution in [-0.4, -0.2) is 33.3 Å². The number of aryl methyl sites for hydroxylation is 1. The van der Waals surface area contributed by atoms with Gasteiger partial charge in [0, 0.05) is 24.2 Å². The van der Waals surface area contributed by atoms with Gasteiger partial charge >= 0.3 is 5.97 Å². The monoisotopic (exact) mass is 369 g/mol. The van der Waals surface area contributed by atoms with E-state index in [0.717, 1.165) is 55.5 Å². The standard InChI is InChI=1S/C21H27N3O3/c1-15-10-12-16(13-11-15)24-18-8-5-4-7-17(18)20(23-24)21(27)22-14-6-2-3-9-19(25)26/h10-13H,2-9,14H2,1H3,(H,22,27)(H,25,26). The Morgan fingerprint density at radius 3 is 2.59 bits per heavy atom. The zero-order chi connectivity index (χ0) is 19.2. The summed E-state index contributed by atoms with van der Waals surface area (Å²) in [6.45, 7) is 2.60. The number of benzene rings is 1. The van der Waals surface area contributed by atoms with E-state index in [0.29, 0.717) is 18.7 Å². The van der Waals surface area contributed by atoms with Crippen LogP contribution in [0.3, 0.4) is 0 Å². The highest BCUT2D eigenvalue weighted by Crippen LogP contribution is 2.27. The molecule has 0 saturated carbocycles. The lowest BCUT2D eigenvalue weighted by Crippen LogP contribution is -2.26. The van der Waals surface area contributed by atoms with Gasteiger partial charge in [-0.3, -0.25) is 9.59 Å². The average Bonchev–Trinajstić information content (AvgIpc) is 3.04. The summed E-state index contributed by atoms with van der Waals surface area (Å²) in [6.07, 6.45) is 6.44. The molecule has 0 saturated heterocycles. The van der Waals surface area contributed by atoms with Gasteiger partial charge in [0.15, 0.2) is 5.69 Å². The number of aliphatic carboxylic acids is 1. The largest absolute Gasteiger partial charge is 0.481 e. The van der Waals surface area contributed by atoms with Crippen LogP contribution in [0.5, 0.6) is 0 Å². The van der Waals surface area contributed by atoms with Crippen molar-refractivity contribution in [3.63, 3.8) is 0 Å². The lowest BCUT2D eigenvalue weighted by molar-refractivity contribution is -0.137. The molecule has 1 amide bonds. The molecule has 1 aromatic carbocycles. The van der Waals surface area contributed by atoms with Crippen molar-refractivity contribution in [2.75, 3.05) is 6.54 Å². The number of amides is 1. The molecule has 0 radical (unpaired) electrons. The minimum Gasteiger partial charge on any atom is -0.481 e. The molecule has 1 aliphatic rings. The number of nitrogens with one attached hydrogen (secondary N) is 1. The quantitative estimate of drug-likeness (QED) is 0.698. The van der Waals surface area contributed by atoms with Crippen LogP contribution in [0.2, 0.25) is 0 Å². The van der Waals surface area contributed by atoms with Crippen LogP contribution in [-0.2, 0) is 17.6 Å². The number of carboxylic acids is 1. The first-order valence-electron chi connectivity index (χ1n) is 9.74. The van der Waals surface area contributed by atoms with Crippen molar-refractivity contribution in [3.8, 4) is 5.69 Å². The van der Waals surface area contributed by atoms with Crippen molar-refractivity contribution >= 4 is 11.9 Å². The van der Waals surface area contributed by atoms with Gasteiger partial charge < -0.3 is 10.4 Å². The Labute approximate surface area is 159 Å². The van der Waals surface area contributed by atoms with Gasteiger partial charge in [-0.25, -0.2) is 4.68 Å². The molecule has 27 heavy (non-hydrogen) atoms. The molecular weight excluding hydrogens is 342 g/mol. The molecule has 0 fully saturated rings. The lowest BCUT2D eigenvalue weighted by atomic mass is 9.95. The van der Waals surface area contributed by atoms with Crippen molar-refractivity contribution < 1.29 is 14.7 Å². The Hall–Kier alpha value is -2.63. The van der Waals surface area contributed by atoms with Crippen LogP contribution < -0.4 is 5.32 Å². The summed E-state index contributed by atoms with van der Waals surface area (Å²) in [4.78, 5) is 23.2. The van der Waals surface area contributed by atoms with Crippen molar-refractivity contribution in [1.29, 1.82) is 0 Å². The fraction of sp³-hybridized carbons (Fsp3) is 0.476. The SMILES string of the molecule is Cc1ccc(-n2nc(C(=O)NCCCCCC(=O)O)c3c2CCCC3)cc1. The molecule has 2 aromatic rings. The first-order chi connectivity index (χ1) is 13.1. The summed E-state index contributed by atoms with van der Waals surface area (Å²) < 4.78 is 1.93. The Bertz CT molecular complexity index is 809.